The minimum atomic E-state index is -0.311. The largest absolute Gasteiger partial charge is 0.497 e. The number of halogens is 1. The minimum absolute atomic E-state index is 0.0646. The van der Waals surface area contributed by atoms with E-state index in [1.807, 2.05) is 19.1 Å². The predicted octanol–water partition coefficient (Wildman–Crippen LogP) is 2.98. The van der Waals surface area contributed by atoms with E-state index in [4.69, 9.17) is 4.74 Å². The zero-order valence-corrected chi connectivity index (χ0v) is 15.8. The van der Waals surface area contributed by atoms with Crippen LogP contribution in [0.4, 0.5) is 10.1 Å². The van der Waals surface area contributed by atoms with Crippen molar-refractivity contribution >= 4 is 11.6 Å². The molecule has 3 rings (SSSR count). The number of piperazine rings is 1. The summed E-state index contributed by atoms with van der Waals surface area (Å²) in [6, 6.07) is 13.8. The number of hydrogen-bond acceptors (Lipinski definition) is 4. The maximum absolute atomic E-state index is 13.0. The lowest BCUT2D eigenvalue weighted by atomic mass is 10.1. The molecule has 1 fully saturated rings. The molecule has 0 aromatic heterocycles. The van der Waals surface area contributed by atoms with Crippen molar-refractivity contribution in [3.05, 3.63) is 59.9 Å². The van der Waals surface area contributed by atoms with E-state index in [0.717, 1.165) is 38.5 Å². The molecule has 144 valence electrons. The molecule has 1 aliphatic heterocycles. The Morgan fingerprint density at radius 2 is 1.70 bits per heavy atom. The van der Waals surface area contributed by atoms with Crippen LogP contribution in [0, 0.1) is 5.82 Å². The quantitative estimate of drug-likeness (QED) is 0.848. The lowest BCUT2D eigenvalue weighted by Gasteiger charge is -2.37. The highest BCUT2D eigenvalue weighted by molar-refractivity contribution is 5.94. The van der Waals surface area contributed by atoms with Crippen LogP contribution in [0.15, 0.2) is 48.5 Å². The summed E-state index contributed by atoms with van der Waals surface area (Å²) >= 11 is 0. The second kappa shape index (κ2) is 8.97. The van der Waals surface area contributed by atoms with Crippen LogP contribution in [0.5, 0.6) is 5.75 Å². The van der Waals surface area contributed by atoms with Gasteiger partial charge in [-0.25, -0.2) is 4.39 Å². The fraction of sp³-hybridized carbons (Fsp3) is 0.381. The highest BCUT2D eigenvalue weighted by atomic mass is 19.1. The van der Waals surface area contributed by atoms with Gasteiger partial charge < -0.3 is 10.1 Å². The molecule has 0 saturated carbocycles. The average molecular weight is 371 g/mol. The molecule has 1 atom stereocenters. The number of nitrogens with one attached hydrogen (secondary N) is 1. The fourth-order valence-electron chi connectivity index (χ4n) is 3.24. The van der Waals surface area contributed by atoms with Gasteiger partial charge in [0, 0.05) is 38.4 Å². The lowest BCUT2D eigenvalue weighted by Crippen LogP contribution is -2.52. The first-order chi connectivity index (χ1) is 13.0. The second-order valence-electron chi connectivity index (χ2n) is 6.83. The SMILES string of the molecule is COc1ccc(CN2CCN([C@H](C)C(=O)Nc3ccc(F)cc3)CC2)cc1. The molecule has 1 aliphatic rings. The van der Waals surface area contributed by atoms with Gasteiger partial charge in [-0.15, -0.1) is 0 Å². The molecular weight excluding hydrogens is 345 g/mol. The van der Waals surface area contributed by atoms with E-state index < -0.39 is 0 Å². The Morgan fingerprint density at radius 1 is 1.07 bits per heavy atom. The molecule has 1 amide bonds. The monoisotopic (exact) mass is 371 g/mol. The Labute approximate surface area is 159 Å². The first kappa shape index (κ1) is 19.3. The van der Waals surface area contributed by atoms with Gasteiger partial charge in [0.15, 0.2) is 0 Å². The minimum Gasteiger partial charge on any atom is -0.497 e. The zero-order chi connectivity index (χ0) is 19.2. The zero-order valence-electron chi connectivity index (χ0n) is 15.8. The van der Waals surface area contributed by atoms with Crippen molar-refractivity contribution < 1.29 is 13.9 Å². The highest BCUT2D eigenvalue weighted by Crippen LogP contribution is 2.16. The highest BCUT2D eigenvalue weighted by Gasteiger charge is 2.25. The number of rotatable bonds is 6. The van der Waals surface area contributed by atoms with Crippen LogP contribution in [-0.2, 0) is 11.3 Å². The summed E-state index contributed by atoms with van der Waals surface area (Å²) in [6.45, 7) is 6.33. The molecule has 0 radical (unpaired) electrons. The third-order valence-electron chi connectivity index (χ3n) is 5.01. The smallest absolute Gasteiger partial charge is 0.241 e. The van der Waals surface area contributed by atoms with Crippen molar-refractivity contribution in [1.82, 2.24) is 9.80 Å². The van der Waals surface area contributed by atoms with Gasteiger partial charge >= 0.3 is 0 Å². The molecule has 0 unspecified atom stereocenters. The van der Waals surface area contributed by atoms with Gasteiger partial charge in [0.2, 0.25) is 5.91 Å². The Balaban J connectivity index is 1.47. The van der Waals surface area contributed by atoms with Gasteiger partial charge in [-0.1, -0.05) is 12.1 Å². The predicted molar refractivity (Wildman–Crippen MR) is 104 cm³/mol. The van der Waals surface area contributed by atoms with Gasteiger partial charge in [-0.3, -0.25) is 14.6 Å². The van der Waals surface area contributed by atoms with E-state index >= 15 is 0 Å². The number of amides is 1. The molecular formula is C21H26FN3O2. The second-order valence-corrected chi connectivity index (χ2v) is 6.83. The van der Waals surface area contributed by atoms with Crippen LogP contribution in [0.1, 0.15) is 12.5 Å². The topological polar surface area (TPSA) is 44.8 Å². The first-order valence-electron chi connectivity index (χ1n) is 9.21. The maximum atomic E-state index is 13.0. The van der Waals surface area contributed by atoms with Crippen LogP contribution in [0.25, 0.3) is 0 Å². The van der Waals surface area contributed by atoms with Crippen LogP contribution < -0.4 is 10.1 Å². The number of ether oxygens (including phenoxy) is 1. The molecule has 5 nitrogen and oxygen atoms in total. The average Bonchev–Trinajstić information content (AvgIpc) is 2.70. The summed E-state index contributed by atoms with van der Waals surface area (Å²) in [5.74, 6) is 0.490. The summed E-state index contributed by atoms with van der Waals surface area (Å²) in [6.07, 6.45) is 0. The van der Waals surface area contributed by atoms with Crippen molar-refractivity contribution in [3.63, 3.8) is 0 Å². The normalized spacial score (nSPS) is 16.7. The number of hydrogen-bond donors (Lipinski definition) is 1. The van der Waals surface area contributed by atoms with E-state index in [1.165, 1.54) is 17.7 Å². The van der Waals surface area contributed by atoms with Crippen molar-refractivity contribution in [3.8, 4) is 5.75 Å². The molecule has 2 aromatic carbocycles. The van der Waals surface area contributed by atoms with E-state index in [9.17, 15) is 9.18 Å². The van der Waals surface area contributed by atoms with Crippen LogP contribution >= 0.6 is 0 Å². The van der Waals surface area contributed by atoms with Crippen molar-refractivity contribution in [1.29, 1.82) is 0 Å². The van der Waals surface area contributed by atoms with E-state index in [-0.39, 0.29) is 17.8 Å². The van der Waals surface area contributed by atoms with Crippen molar-refractivity contribution in [2.45, 2.75) is 19.5 Å². The molecule has 0 bridgehead atoms. The standard InChI is InChI=1S/C21H26FN3O2/c1-16(21(26)23-19-7-5-18(22)6-8-19)25-13-11-24(12-14-25)15-17-3-9-20(27-2)10-4-17/h3-10,16H,11-15H2,1-2H3,(H,23,26)/t16-/m1/s1. The van der Waals surface area contributed by atoms with Crippen LogP contribution in [0.3, 0.4) is 0 Å². The molecule has 1 saturated heterocycles. The van der Waals surface area contributed by atoms with Gasteiger partial charge in [0.25, 0.3) is 0 Å². The summed E-state index contributed by atoms with van der Waals surface area (Å²) in [7, 11) is 1.67. The van der Waals surface area contributed by atoms with E-state index in [0.29, 0.717) is 5.69 Å². The van der Waals surface area contributed by atoms with E-state index in [1.54, 1.807) is 19.2 Å². The number of benzene rings is 2. The summed E-state index contributed by atoms with van der Waals surface area (Å²) in [5.41, 5.74) is 1.87. The lowest BCUT2D eigenvalue weighted by molar-refractivity contribution is -0.121. The molecule has 1 heterocycles. The van der Waals surface area contributed by atoms with Gasteiger partial charge in [-0.05, 0) is 48.9 Å². The molecule has 0 spiro atoms. The summed E-state index contributed by atoms with van der Waals surface area (Å²) in [4.78, 5) is 17.0. The molecule has 27 heavy (non-hydrogen) atoms. The van der Waals surface area contributed by atoms with Crippen molar-refractivity contribution in [2.75, 3.05) is 38.6 Å². The number of methoxy groups -OCH3 is 1. The maximum Gasteiger partial charge on any atom is 0.241 e. The van der Waals surface area contributed by atoms with Crippen LogP contribution in [0.2, 0.25) is 0 Å². The number of anilines is 1. The van der Waals surface area contributed by atoms with E-state index in [2.05, 4.69) is 27.2 Å². The molecule has 2 aromatic rings. The molecule has 6 heteroatoms. The summed E-state index contributed by atoms with van der Waals surface area (Å²) in [5, 5.41) is 2.86. The summed E-state index contributed by atoms with van der Waals surface area (Å²) < 4.78 is 18.2. The van der Waals surface area contributed by atoms with Gasteiger partial charge in [0.05, 0.1) is 13.2 Å². The van der Waals surface area contributed by atoms with Crippen molar-refractivity contribution in [2.24, 2.45) is 0 Å². The third-order valence-corrected chi connectivity index (χ3v) is 5.01. The number of carbonyl (C=O) groups excluding carboxylic acids is 1. The molecule has 1 N–H and O–H groups in total. The first-order valence-corrected chi connectivity index (χ1v) is 9.21. The Bertz CT molecular complexity index is 741. The van der Waals surface area contributed by atoms with Gasteiger partial charge in [0.1, 0.15) is 11.6 Å². The Hall–Kier alpha value is -2.44. The van der Waals surface area contributed by atoms with Crippen LogP contribution in [-0.4, -0.2) is 55.0 Å². The Kier molecular flexibility index (Phi) is 6.42. The van der Waals surface area contributed by atoms with Gasteiger partial charge in [-0.2, -0.15) is 0 Å². The third kappa shape index (κ3) is 5.28. The fourth-order valence-corrected chi connectivity index (χ4v) is 3.24. The molecule has 0 aliphatic carbocycles. The number of nitrogens with zero attached hydrogens (tertiary/aromatic N) is 2. The Morgan fingerprint density at radius 3 is 2.30 bits per heavy atom. The number of carbonyl (C=O) groups is 1.